The van der Waals surface area contributed by atoms with Crippen LogP contribution in [0.4, 0.5) is 0 Å². The average molecular weight is 285 g/mol. The Morgan fingerprint density at radius 3 is 3.00 bits per heavy atom. The van der Waals surface area contributed by atoms with Gasteiger partial charge in [0.2, 0.25) is 0 Å². The molecule has 1 fully saturated rings. The molecule has 1 aliphatic rings. The van der Waals surface area contributed by atoms with Gasteiger partial charge in [-0.3, -0.25) is 4.79 Å². The van der Waals surface area contributed by atoms with Crippen molar-refractivity contribution in [2.75, 3.05) is 13.1 Å². The first-order valence-electron chi connectivity index (χ1n) is 7.27. The Kier molecular flexibility index (Phi) is 4.25. The van der Waals surface area contributed by atoms with Gasteiger partial charge in [0.25, 0.3) is 5.91 Å². The molecule has 21 heavy (non-hydrogen) atoms. The van der Waals surface area contributed by atoms with Crippen molar-refractivity contribution < 1.29 is 4.79 Å². The molecule has 0 aliphatic carbocycles. The summed E-state index contributed by atoms with van der Waals surface area (Å²) < 4.78 is 1.68. The van der Waals surface area contributed by atoms with Crippen molar-refractivity contribution >= 4 is 5.91 Å². The fourth-order valence-electron chi connectivity index (χ4n) is 2.48. The third-order valence-electron chi connectivity index (χ3n) is 3.59. The van der Waals surface area contributed by atoms with Gasteiger partial charge < -0.3 is 10.6 Å². The largest absolute Gasteiger partial charge is 0.347 e. The zero-order valence-corrected chi connectivity index (χ0v) is 11.8. The summed E-state index contributed by atoms with van der Waals surface area (Å²) >= 11 is 0. The highest BCUT2D eigenvalue weighted by molar-refractivity contribution is 5.92. The summed E-state index contributed by atoms with van der Waals surface area (Å²) in [5.74, 6) is -0.150. The zero-order chi connectivity index (χ0) is 14.5. The standard InChI is InChI=1S/C15H19N5O/c21-15(17-13-7-4-8-16-9-13)14-11-20(19-18-14)10-12-5-2-1-3-6-12/h1-3,5-6,11,13,16H,4,7-10H2,(H,17,21). The van der Waals surface area contributed by atoms with E-state index in [0.717, 1.165) is 31.5 Å². The molecular formula is C15H19N5O. The van der Waals surface area contributed by atoms with Crippen LogP contribution in [0.5, 0.6) is 0 Å². The molecule has 1 saturated heterocycles. The van der Waals surface area contributed by atoms with Crippen molar-refractivity contribution in [3.63, 3.8) is 0 Å². The molecule has 3 rings (SSSR count). The van der Waals surface area contributed by atoms with Crippen LogP contribution < -0.4 is 10.6 Å². The normalized spacial score (nSPS) is 18.4. The van der Waals surface area contributed by atoms with E-state index in [2.05, 4.69) is 20.9 Å². The second-order valence-corrected chi connectivity index (χ2v) is 5.30. The van der Waals surface area contributed by atoms with E-state index in [0.29, 0.717) is 12.2 Å². The number of nitrogens with one attached hydrogen (secondary N) is 2. The number of amides is 1. The number of aromatic nitrogens is 3. The Bertz CT molecular complexity index is 589. The Balaban J connectivity index is 1.60. The fraction of sp³-hybridized carbons (Fsp3) is 0.400. The summed E-state index contributed by atoms with van der Waals surface area (Å²) in [6, 6.07) is 10.2. The van der Waals surface area contributed by atoms with Gasteiger partial charge in [-0.25, -0.2) is 4.68 Å². The lowest BCUT2D eigenvalue weighted by Crippen LogP contribution is -2.45. The number of carbonyl (C=O) groups is 1. The summed E-state index contributed by atoms with van der Waals surface area (Å²) in [6.07, 6.45) is 3.79. The molecule has 0 radical (unpaired) electrons. The van der Waals surface area contributed by atoms with Gasteiger partial charge in [0, 0.05) is 12.6 Å². The maximum Gasteiger partial charge on any atom is 0.273 e. The Labute approximate surface area is 123 Å². The van der Waals surface area contributed by atoms with Gasteiger partial charge in [-0.05, 0) is 24.9 Å². The van der Waals surface area contributed by atoms with E-state index in [4.69, 9.17) is 0 Å². The maximum atomic E-state index is 12.1. The number of benzene rings is 1. The molecule has 2 aromatic rings. The molecule has 1 amide bonds. The highest BCUT2D eigenvalue weighted by atomic mass is 16.2. The zero-order valence-electron chi connectivity index (χ0n) is 11.8. The van der Waals surface area contributed by atoms with E-state index in [9.17, 15) is 4.79 Å². The van der Waals surface area contributed by atoms with Crippen molar-refractivity contribution in [2.45, 2.75) is 25.4 Å². The molecule has 6 heteroatoms. The molecule has 2 heterocycles. The second-order valence-electron chi connectivity index (χ2n) is 5.30. The number of carbonyl (C=O) groups excluding carboxylic acids is 1. The van der Waals surface area contributed by atoms with Gasteiger partial charge >= 0.3 is 0 Å². The molecule has 2 N–H and O–H groups in total. The maximum absolute atomic E-state index is 12.1. The van der Waals surface area contributed by atoms with E-state index in [1.165, 1.54) is 0 Å². The summed E-state index contributed by atoms with van der Waals surface area (Å²) in [5.41, 5.74) is 1.50. The molecule has 0 bridgehead atoms. The molecule has 110 valence electrons. The predicted octanol–water partition coefficient (Wildman–Crippen LogP) is 0.808. The smallest absolute Gasteiger partial charge is 0.273 e. The van der Waals surface area contributed by atoms with E-state index in [1.54, 1.807) is 10.9 Å². The van der Waals surface area contributed by atoms with Crippen molar-refractivity contribution in [3.8, 4) is 0 Å². The van der Waals surface area contributed by atoms with Gasteiger partial charge in [-0.15, -0.1) is 5.10 Å². The van der Waals surface area contributed by atoms with Crippen LogP contribution in [0.15, 0.2) is 36.5 Å². The summed E-state index contributed by atoms with van der Waals surface area (Å²) in [5, 5.41) is 14.2. The molecule has 1 aliphatic heterocycles. The van der Waals surface area contributed by atoms with Crippen LogP contribution in [0.2, 0.25) is 0 Å². The average Bonchev–Trinajstić information content (AvgIpc) is 2.98. The molecule has 1 aromatic heterocycles. The minimum absolute atomic E-state index is 0.150. The summed E-state index contributed by atoms with van der Waals surface area (Å²) in [7, 11) is 0. The van der Waals surface area contributed by atoms with Crippen LogP contribution >= 0.6 is 0 Å². The molecular weight excluding hydrogens is 266 g/mol. The summed E-state index contributed by atoms with van der Waals surface area (Å²) in [6.45, 7) is 2.47. The number of piperidine rings is 1. The highest BCUT2D eigenvalue weighted by Crippen LogP contribution is 2.04. The van der Waals surface area contributed by atoms with Gasteiger partial charge in [0.15, 0.2) is 5.69 Å². The van der Waals surface area contributed by atoms with E-state index in [1.807, 2.05) is 30.3 Å². The SMILES string of the molecule is O=C(NC1CCCNC1)c1cn(Cc2ccccc2)nn1. The molecule has 1 aromatic carbocycles. The third kappa shape index (κ3) is 3.66. The predicted molar refractivity (Wildman–Crippen MR) is 78.9 cm³/mol. The van der Waals surface area contributed by atoms with Crippen molar-refractivity contribution in [2.24, 2.45) is 0 Å². The van der Waals surface area contributed by atoms with Crippen molar-refractivity contribution in [3.05, 3.63) is 47.8 Å². The van der Waals surface area contributed by atoms with Crippen molar-refractivity contribution in [1.29, 1.82) is 0 Å². The number of hydrogen-bond donors (Lipinski definition) is 2. The topological polar surface area (TPSA) is 71.8 Å². The minimum Gasteiger partial charge on any atom is -0.347 e. The Hall–Kier alpha value is -2.21. The van der Waals surface area contributed by atoms with Crippen molar-refractivity contribution in [1.82, 2.24) is 25.6 Å². The molecule has 0 spiro atoms. The quantitative estimate of drug-likeness (QED) is 0.872. The lowest BCUT2D eigenvalue weighted by atomic mass is 10.1. The number of hydrogen-bond acceptors (Lipinski definition) is 4. The van der Waals surface area contributed by atoms with Gasteiger partial charge in [-0.2, -0.15) is 0 Å². The van der Waals surface area contributed by atoms with Gasteiger partial charge in [-0.1, -0.05) is 35.5 Å². The molecule has 6 nitrogen and oxygen atoms in total. The molecule has 1 atom stereocenters. The first-order valence-corrected chi connectivity index (χ1v) is 7.27. The lowest BCUT2D eigenvalue weighted by Gasteiger charge is -2.23. The minimum atomic E-state index is -0.150. The van der Waals surface area contributed by atoms with Crippen LogP contribution in [-0.2, 0) is 6.54 Å². The van der Waals surface area contributed by atoms with Crippen LogP contribution in [0.1, 0.15) is 28.9 Å². The molecule has 1 unspecified atom stereocenters. The van der Waals surface area contributed by atoms with E-state index in [-0.39, 0.29) is 11.9 Å². The lowest BCUT2D eigenvalue weighted by molar-refractivity contribution is 0.0925. The monoisotopic (exact) mass is 285 g/mol. The van der Waals surface area contributed by atoms with E-state index < -0.39 is 0 Å². The van der Waals surface area contributed by atoms with Crippen LogP contribution in [0.25, 0.3) is 0 Å². The number of nitrogens with zero attached hydrogens (tertiary/aromatic N) is 3. The first-order chi connectivity index (χ1) is 10.3. The third-order valence-corrected chi connectivity index (χ3v) is 3.59. The van der Waals surface area contributed by atoms with E-state index >= 15 is 0 Å². The first kappa shape index (κ1) is 13.8. The summed E-state index contributed by atoms with van der Waals surface area (Å²) in [4.78, 5) is 12.1. The van der Waals surface area contributed by atoms with Gasteiger partial charge in [0.05, 0.1) is 12.7 Å². The fourth-order valence-corrected chi connectivity index (χ4v) is 2.48. The Morgan fingerprint density at radius 2 is 2.24 bits per heavy atom. The highest BCUT2D eigenvalue weighted by Gasteiger charge is 2.18. The number of rotatable bonds is 4. The van der Waals surface area contributed by atoms with Crippen LogP contribution in [0, 0.1) is 0 Å². The molecule has 0 saturated carbocycles. The Morgan fingerprint density at radius 1 is 1.38 bits per heavy atom. The van der Waals surface area contributed by atoms with Crippen LogP contribution in [-0.4, -0.2) is 40.0 Å². The van der Waals surface area contributed by atoms with Gasteiger partial charge in [0.1, 0.15) is 0 Å². The van der Waals surface area contributed by atoms with Crippen LogP contribution in [0.3, 0.4) is 0 Å². The second kappa shape index (κ2) is 6.49.